The fraction of sp³-hybridized carbons (Fsp3) is 0.286. The van der Waals surface area contributed by atoms with Crippen LogP contribution >= 0.6 is 0 Å². The number of nitrogens with zero attached hydrogens (tertiary/aromatic N) is 1. The van der Waals surface area contributed by atoms with Crippen LogP contribution < -0.4 is 10.6 Å². The third-order valence-corrected chi connectivity index (χ3v) is 4.88. The van der Waals surface area contributed by atoms with Crippen molar-refractivity contribution < 1.29 is 14.4 Å². The summed E-state index contributed by atoms with van der Waals surface area (Å²) >= 11 is 0. The minimum absolute atomic E-state index is 0.219. The molecule has 2 N–H and O–H groups in total. The average molecular weight is 365 g/mol. The molecule has 0 saturated carbocycles. The van der Waals surface area contributed by atoms with Crippen LogP contribution in [-0.4, -0.2) is 29.3 Å². The van der Waals surface area contributed by atoms with E-state index < -0.39 is 17.5 Å². The van der Waals surface area contributed by atoms with Gasteiger partial charge in [-0.05, 0) is 31.9 Å². The fourth-order valence-corrected chi connectivity index (χ4v) is 3.18. The number of hydrogen-bond donors (Lipinski definition) is 2. The first kappa shape index (κ1) is 18.6. The zero-order valence-corrected chi connectivity index (χ0v) is 15.7. The second-order valence-electron chi connectivity index (χ2n) is 7.01. The summed E-state index contributed by atoms with van der Waals surface area (Å²) in [5, 5.41) is 5.54. The number of nitrogens with one attached hydrogen (secondary N) is 2. The maximum atomic E-state index is 12.9. The van der Waals surface area contributed by atoms with Crippen LogP contribution in [0.4, 0.5) is 4.79 Å². The van der Waals surface area contributed by atoms with Crippen molar-refractivity contribution in [3.63, 3.8) is 0 Å². The molecule has 4 amide bonds. The molecule has 0 radical (unpaired) electrons. The van der Waals surface area contributed by atoms with E-state index in [-0.39, 0.29) is 18.5 Å². The van der Waals surface area contributed by atoms with Gasteiger partial charge in [-0.3, -0.25) is 14.5 Å². The monoisotopic (exact) mass is 365 g/mol. The van der Waals surface area contributed by atoms with E-state index in [1.807, 2.05) is 68.4 Å². The average Bonchev–Trinajstić information content (AvgIpc) is 2.87. The number of rotatable bonds is 5. The van der Waals surface area contributed by atoms with Crippen LogP contribution in [0.2, 0.25) is 0 Å². The first-order chi connectivity index (χ1) is 12.8. The Morgan fingerprint density at radius 1 is 1.11 bits per heavy atom. The van der Waals surface area contributed by atoms with Gasteiger partial charge in [-0.1, -0.05) is 60.2 Å². The summed E-state index contributed by atoms with van der Waals surface area (Å²) in [6.07, 6.45) is 0. The Kier molecular flexibility index (Phi) is 4.99. The molecule has 1 saturated heterocycles. The van der Waals surface area contributed by atoms with Gasteiger partial charge in [-0.2, -0.15) is 0 Å². The summed E-state index contributed by atoms with van der Waals surface area (Å²) < 4.78 is 0. The highest BCUT2D eigenvalue weighted by molar-refractivity contribution is 6.09. The fourth-order valence-electron chi connectivity index (χ4n) is 3.18. The predicted octanol–water partition coefficient (Wildman–Crippen LogP) is 2.64. The Morgan fingerprint density at radius 3 is 2.37 bits per heavy atom. The quantitative estimate of drug-likeness (QED) is 0.800. The second kappa shape index (κ2) is 7.23. The third kappa shape index (κ3) is 3.69. The first-order valence-corrected chi connectivity index (χ1v) is 8.87. The highest BCUT2D eigenvalue weighted by atomic mass is 16.2. The van der Waals surface area contributed by atoms with Crippen LogP contribution in [0.25, 0.3) is 0 Å². The molecule has 0 bridgehead atoms. The van der Waals surface area contributed by atoms with Gasteiger partial charge in [0.05, 0.1) is 6.04 Å². The lowest BCUT2D eigenvalue weighted by atomic mass is 9.91. The van der Waals surface area contributed by atoms with E-state index in [0.717, 1.165) is 16.0 Å². The molecule has 1 aliphatic heterocycles. The minimum Gasteiger partial charge on any atom is -0.348 e. The van der Waals surface area contributed by atoms with Gasteiger partial charge in [0, 0.05) is 0 Å². The number of carbonyl (C=O) groups excluding carboxylic acids is 3. The molecular weight excluding hydrogens is 342 g/mol. The van der Waals surface area contributed by atoms with E-state index in [2.05, 4.69) is 10.6 Å². The summed E-state index contributed by atoms with van der Waals surface area (Å²) in [6, 6.07) is 16.1. The number of benzene rings is 2. The van der Waals surface area contributed by atoms with E-state index in [9.17, 15) is 14.4 Å². The van der Waals surface area contributed by atoms with Crippen LogP contribution in [0.3, 0.4) is 0 Å². The van der Waals surface area contributed by atoms with Crippen molar-refractivity contribution in [2.75, 3.05) is 6.54 Å². The summed E-state index contributed by atoms with van der Waals surface area (Å²) in [5.74, 6) is -0.818. The molecule has 27 heavy (non-hydrogen) atoms. The number of aryl methyl sites for hydroxylation is 1. The molecule has 2 aromatic rings. The topological polar surface area (TPSA) is 78.5 Å². The van der Waals surface area contributed by atoms with Crippen molar-refractivity contribution in [3.05, 3.63) is 71.3 Å². The maximum absolute atomic E-state index is 12.9. The molecule has 0 aliphatic carbocycles. The van der Waals surface area contributed by atoms with Gasteiger partial charge in [-0.25, -0.2) is 4.79 Å². The molecule has 1 aliphatic rings. The lowest BCUT2D eigenvalue weighted by molar-refractivity contribution is -0.135. The number of urea groups is 1. The van der Waals surface area contributed by atoms with Crippen LogP contribution in [0.1, 0.15) is 36.6 Å². The van der Waals surface area contributed by atoms with Crippen molar-refractivity contribution in [1.82, 2.24) is 15.5 Å². The summed E-state index contributed by atoms with van der Waals surface area (Å²) in [4.78, 5) is 38.6. The Labute approximate surface area is 158 Å². The Balaban J connectivity index is 1.70. The number of amides is 4. The first-order valence-electron chi connectivity index (χ1n) is 8.87. The highest BCUT2D eigenvalue weighted by Gasteiger charge is 2.49. The Bertz CT molecular complexity index is 864. The van der Waals surface area contributed by atoms with Crippen LogP contribution in [0.5, 0.6) is 0 Å². The van der Waals surface area contributed by atoms with Gasteiger partial charge in [0.1, 0.15) is 12.1 Å². The van der Waals surface area contributed by atoms with Gasteiger partial charge >= 0.3 is 6.03 Å². The molecule has 140 valence electrons. The molecular formula is C21H23N3O3. The van der Waals surface area contributed by atoms with E-state index in [1.165, 1.54) is 0 Å². The molecule has 1 heterocycles. The van der Waals surface area contributed by atoms with Gasteiger partial charge in [0.25, 0.3) is 5.91 Å². The standard InChI is InChI=1S/C21H23N3O3/c1-14-9-11-17(12-10-14)21(3)19(26)24(20(27)23-21)13-18(25)22-15(2)16-7-5-4-6-8-16/h4-12,15H,13H2,1-3H3,(H,22,25)(H,23,27)/t15-,21-/m0/s1. The Hall–Kier alpha value is -3.15. The lowest BCUT2D eigenvalue weighted by Crippen LogP contribution is -2.43. The number of imide groups is 1. The third-order valence-electron chi connectivity index (χ3n) is 4.88. The van der Waals surface area contributed by atoms with Crippen LogP contribution in [-0.2, 0) is 15.1 Å². The normalized spacial score (nSPS) is 20.3. The molecule has 2 aromatic carbocycles. The van der Waals surface area contributed by atoms with Crippen molar-refractivity contribution in [1.29, 1.82) is 0 Å². The molecule has 0 aromatic heterocycles. The molecule has 0 spiro atoms. The highest BCUT2D eigenvalue weighted by Crippen LogP contribution is 2.28. The SMILES string of the molecule is Cc1ccc([C@]2(C)NC(=O)N(CC(=O)N[C@@H](C)c3ccccc3)C2=O)cc1. The van der Waals surface area contributed by atoms with Crippen LogP contribution in [0, 0.1) is 6.92 Å². The number of hydrogen-bond acceptors (Lipinski definition) is 3. The van der Waals surface area contributed by atoms with E-state index in [1.54, 1.807) is 6.92 Å². The van der Waals surface area contributed by atoms with Gasteiger partial charge in [0.2, 0.25) is 5.91 Å². The molecule has 1 fully saturated rings. The van der Waals surface area contributed by atoms with Crippen molar-refractivity contribution in [2.24, 2.45) is 0 Å². The largest absolute Gasteiger partial charge is 0.348 e. The zero-order chi connectivity index (χ0) is 19.6. The lowest BCUT2D eigenvalue weighted by Gasteiger charge is -2.22. The summed E-state index contributed by atoms with van der Waals surface area (Å²) in [7, 11) is 0. The van der Waals surface area contributed by atoms with E-state index in [0.29, 0.717) is 5.56 Å². The molecule has 6 nitrogen and oxygen atoms in total. The van der Waals surface area contributed by atoms with Gasteiger partial charge < -0.3 is 10.6 Å². The maximum Gasteiger partial charge on any atom is 0.325 e. The molecule has 0 unspecified atom stereocenters. The smallest absolute Gasteiger partial charge is 0.325 e. The zero-order valence-electron chi connectivity index (χ0n) is 15.7. The van der Waals surface area contributed by atoms with Crippen molar-refractivity contribution in [2.45, 2.75) is 32.4 Å². The molecule has 2 atom stereocenters. The predicted molar refractivity (Wildman–Crippen MR) is 102 cm³/mol. The van der Waals surface area contributed by atoms with Gasteiger partial charge in [0.15, 0.2) is 0 Å². The van der Waals surface area contributed by atoms with Crippen molar-refractivity contribution >= 4 is 17.8 Å². The summed E-state index contributed by atoms with van der Waals surface area (Å²) in [6.45, 7) is 5.15. The van der Waals surface area contributed by atoms with E-state index >= 15 is 0 Å². The minimum atomic E-state index is -1.17. The summed E-state index contributed by atoms with van der Waals surface area (Å²) in [5.41, 5.74) is 1.53. The molecule has 3 rings (SSSR count). The van der Waals surface area contributed by atoms with Gasteiger partial charge in [-0.15, -0.1) is 0 Å². The van der Waals surface area contributed by atoms with E-state index in [4.69, 9.17) is 0 Å². The Morgan fingerprint density at radius 2 is 1.74 bits per heavy atom. The second-order valence-corrected chi connectivity index (χ2v) is 7.01. The van der Waals surface area contributed by atoms with Crippen LogP contribution in [0.15, 0.2) is 54.6 Å². The van der Waals surface area contributed by atoms with Crippen molar-refractivity contribution in [3.8, 4) is 0 Å². The number of carbonyl (C=O) groups is 3. The molecule has 6 heteroatoms.